The molecule has 0 spiro atoms. The van der Waals surface area contributed by atoms with Crippen LogP contribution in [-0.4, -0.2) is 35.3 Å². The second-order valence-corrected chi connectivity index (χ2v) is 9.99. The highest BCUT2D eigenvalue weighted by Gasteiger charge is 2.54. The summed E-state index contributed by atoms with van der Waals surface area (Å²) in [5.74, 6) is 2.04. The van der Waals surface area contributed by atoms with Crippen LogP contribution < -0.4 is 10.6 Å². The second-order valence-electron chi connectivity index (χ2n) is 9.99. The molecule has 4 amide bonds. The predicted molar refractivity (Wildman–Crippen MR) is 105 cm³/mol. The second kappa shape index (κ2) is 6.34. The first-order chi connectivity index (χ1) is 13.8. The average molecular weight is 399 g/mol. The topological polar surface area (TPSA) is 91.7 Å². The first kappa shape index (κ1) is 18.7. The number of carbonyl (C=O) groups excluding carboxylic acids is 3. The summed E-state index contributed by atoms with van der Waals surface area (Å²) in [6.07, 6.45) is 9.11. The predicted octanol–water partition coefficient (Wildman–Crippen LogP) is 2.77. The zero-order valence-electron chi connectivity index (χ0n) is 17.1. The van der Waals surface area contributed by atoms with Crippen LogP contribution in [0.25, 0.3) is 0 Å². The lowest BCUT2D eigenvalue weighted by Crippen LogP contribution is -2.57. The van der Waals surface area contributed by atoms with Gasteiger partial charge in [-0.25, -0.2) is 4.79 Å². The fourth-order valence-electron chi connectivity index (χ4n) is 6.86. The summed E-state index contributed by atoms with van der Waals surface area (Å²) in [5.41, 5.74) is -1.09. The Bertz CT molecular complexity index is 813. The van der Waals surface area contributed by atoms with Crippen molar-refractivity contribution in [3.05, 3.63) is 24.2 Å². The van der Waals surface area contributed by atoms with Crippen LogP contribution >= 0.6 is 0 Å². The summed E-state index contributed by atoms with van der Waals surface area (Å²) in [6, 6.07) is 2.81. The lowest BCUT2D eigenvalue weighted by molar-refractivity contribution is -0.136. The van der Waals surface area contributed by atoms with Crippen molar-refractivity contribution in [1.82, 2.24) is 15.5 Å². The van der Waals surface area contributed by atoms with E-state index in [4.69, 9.17) is 4.42 Å². The van der Waals surface area contributed by atoms with Crippen LogP contribution in [0.3, 0.4) is 0 Å². The zero-order chi connectivity index (χ0) is 20.4. The minimum atomic E-state index is -1.27. The van der Waals surface area contributed by atoms with Crippen LogP contribution in [0.2, 0.25) is 0 Å². The van der Waals surface area contributed by atoms with Gasteiger partial charge in [-0.15, -0.1) is 0 Å². The molecule has 2 atom stereocenters. The first-order valence-electron chi connectivity index (χ1n) is 10.8. The highest BCUT2D eigenvalue weighted by Crippen LogP contribution is 2.61. The van der Waals surface area contributed by atoms with Gasteiger partial charge in [-0.2, -0.15) is 0 Å². The minimum absolute atomic E-state index is 0.0561. The fraction of sp³-hybridized carbons (Fsp3) is 0.682. The highest BCUT2D eigenvalue weighted by molar-refractivity contribution is 6.08. The van der Waals surface area contributed by atoms with Crippen molar-refractivity contribution in [1.29, 1.82) is 0 Å². The molecule has 1 saturated heterocycles. The molecule has 5 aliphatic rings. The van der Waals surface area contributed by atoms with Gasteiger partial charge in [0.2, 0.25) is 5.91 Å². The number of carbonyl (C=O) groups is 3. The zero-order valence-corrected chi connectivity index (χ0v) is 17.1. The molecule has 0 unspecified atom stereocenters. The van der Waals surface area contributed by atoms with E-state index in [-0.39, 0.29) is 23.9 Å². The van der Waals surface area contributed by atoms with Crippen molar-refractivity contribution in [2.45, 2.75) is 64.0 Å². The van der Waals surface area contributed by atoms with E-state index in [2.05, 4.69) is 17.6 Å². The summed E-state index contributed by atoms with van der Waals surface area (Å²) in [7, 11) is 0. The molecule has 4 aliphatic carbocycles. The van der Waals surface area contributed by atoms with Gasteiger partial charge in [0, 0.05) is 6.04 Å². The molecule has 1 aromatic heterocycles. The van der Waals surface area contributed by atoms with E-state index in [9.17, 15) is 14.4 Å². The van der Waals surface area contributed by atoms with Gasteiger partial charge in [0.1, 0.15) is 12.3 Å². The lowest BCUT2D eigenvalue weighted by atomic mass is 9.48. The van der Waals surface area contributed by atoms with Gasteiger partial charge < -0.3 is 15.1 Å². The summed E-state index contributed by atoms with van der Waals surface area (Å²) < 4.78 is 5.33. The van der Waals surface area contributed by atoms with E-state index in [1.807, 2.05) is 0 Å². The Hall–Kier alpha value is -2.31. The number of amides is 4. The van der Waals surface area contributed by atoms with Crippen LogP contribution in [0.15, 0.2) is 22.8 Å². The van der Waals surface area contributed by atoms with Crippen molar-refractivity contribution in [3.8, 4) is 0 Å². The van der Waals surface area contributed by atoms with Gasteiger partial charge >= 0.3 is 6.03 Å². The molecule has 6 rings (SSSR count). The van der Waals surface area contributed by atoms with E-state index in [0.717, 1.165) is 22.7 Å². The molecule has 0 aromatic carbocycles. The Balaban J connectivity index is 1.25. The molecule has 1 aromatic rings. The summed E-state index contributed by atoms with van der Waals surface area (Å²) in [6.45, 7) is 3.43. The molecule has 4 bridgehead atoms. The van der Waals surface area contributed by atoms with E-state index in [1.165, 1.54) is 44.8 Å². The molecular weight excluding hydrogens is 370 g/mol. The number of hydrogen-bond donors (Lipinski definition) is 2. The van der Waals surface area contributed by atoms with Crippen LogP contribution in [0.4, 0.5) is 4.79 Å². The fourth-order valence-corrected chi connectivity index (χ4v) is 6.86. The molecule has 156 valence electrons. The average Bonchev–Trinajstić information content (AvgIpc) is 3.25. The molecule has 7 heteroatoms. The normalized spacial score (nSPS) is 39.0. The Morgan fingerprint density at radius 1 is 1.24 bits per heavy atom. The Kier molecular flexibility index (Phi) is 4.09. The Labute approximate surface area is 170 Å². The third kappa shape index (κ3) is 2.89. The largest absolute Gasteiger partial charge is 0.466 e. The van der Waals surface area contributed by atoms with Crippen LogP contribution in [0, 0.1) is 23.2 Å². The van der Waals surface area contributed by atoms with Gasteiger partial charge in [-0.05, 0) is 87.7 Å². The summed E-state index contributed by atoms with van der Waals surface area (Å²) >= 11 is 0. The molecule has 7 nitrogen and oxygen atoms in total. The molecule has 5 fully saturated rings. The lowest BCUT2D eigenvalue weighted by Gasteiger charge is -2.59. The van der Waals surface area contributed by atoms with Crippen molar-refractivity contribution in [2.24, 2.45) is 23.2 Å². The van der Waals surface area contributed by atoms with Crippen LogP contribution in [-0.2, 0) is 15.1 Å². The molecule has 2 heterocycles. The highest BCUT2D eigenvalue weighted by atomic mass is 16.3. The number of nitrogens with one attached hydrogen (secondary N) is 2. The van der Waals surface area contributed by atoms with Gasteiger partial charge in [0.25, 0.3) is 5.91 Å². The number of urea groups is 1. The molecule has 0 radical (unpaired) electrons. The van der Waals surface area contributed by atoms with E-state index in [1.54, 1.807) is 19.1 Å². The van der Waals surface area contributed by atoms with Crippen molar-refractivity contribution in [3.63, 3.8) is 0 Å². The number of nitrogens with zero attached hydrogens (tertiary/aromatic N) is 1. The number of furan rings is 1. The van der Waals surface area contributed by atoms with Crippen molar-refractivity contribution < 1.29 is 18.8 Å². The molecule has 2 N–H and O–H groups in total. The van der Waals surface area contributed by atoms with Crippen molar-refractivity contribution >= 4 is 17.8 Å². The van der Waals surface area contributed by atoms with Crippen LogP contribution in [0.5, 0.6) is 0 Å². The van der Waals surface area contributed by atoms with E-state index < -0.39 is 17.5 Å². The third-order valence-electron chi connectivity index (χ3n) is 7.97. The maximum Gasteiger partial charge on any atom is 0.325 e. The maximum atomic E-state index is 12.9. The van der Waals surface area contributed by atoms with Crippen molar-refractivity contribution in [2.75, 3.05) is 6.54 Å². The Morgan fingerprint density at radius 3 is 2.41 bits per heavy atom. The van der Waals surface area contributed by atoms with Crippen LogP contribution in [0.1, 0.15) is 58.1 Å². The molecule has 29 heavy (non-hydrogen) atoms. The van der Waals surface area contributed by atoms with E-state index in [0.29, 0.717) is 5.76 Å². The molecule has 1 aliphatic heterocycles. The monoisotopic (exact) mass is 399 g/mol. The minimum Gasteiger partial charge on any atom is -0.466 e. The maximum absolute atomic E-state index is 12.9. The number of hydrogen-bond acceptors (Lipinski definition) is 4. The Morgan fingerprint density at radius 2 is 1.86 bits per heavy atom. The van der Waals surface area contributed by atoms with Gasteiger partial charge in [-0.3, -0.25) is 14.5 Å². The third-order valence-corrected chi connectivity index (χ3v) is 7.97. The SMILES string of the molecule is C[C@H](NC(=O)CN1C(=O)N[C@](C)(c2ccco2)C1=O)C12CC3CC(CC(C3)C1)C2. The molecule has 4 saturated carbocycles. The number of imide groups is 1. The first-order valence-corrected chi connectivity index (χ1v) is 10.8. The summed E-state index contributed by atoms with van der Waals surface area (Å²) in [5, 5.41) is 5.79. The van der Waals surface area contributed by atoms with Gasteiger partial charge in [-0.1, -0.05) is 0 Å². The number of rotatable bonds is 5. The molecular formula is C22H29N3O4. The standard InChI is InChI=1S/C22H29N3O4/c1-13(22-9-14-6-15(10-22)8-16(7-14)11-22)23-18(26)12-25-19(27)21(2,24-20(25)28)17-4-3-5-29-17/h3-5,13-16H,6-12H2,1-2H3,(H,23,26)(H,24,28)/t13-,14?,15?,16?,21+,22?/m0/s1. The smallest absolute Gasteiger partial charge is 0.325 e. The van der Waals surface area contributed by atoms with Gasteiger partial charge in [0.05, 0.1) is 6.26 Å². The van der Waals surface area contributed by atoms with Gasteiger partial charge in [0.15, 0.2) is 5.54 Å². The van der Waals surface area contributed by atoms with E-state index >= 15 is 0 Å². The summed E-state index contributed by atoms with van der Waals surface area (Å²) in [4.78, 5) is 39.1. The quantitative estimate of drug-likeness (QED) is 0.745.